The number of carboxylic acids is 1. The number of ether oxygens (including phenoxy) is 1. The molecule has 0 radical (unpaired) electrons. The number of hydrogen-bond donors (Lipinski definition) is 3. The van der Waals surface area contributed by atoms with Gasteiger partial charge in [0.1, 0.15) is 0 Å². The molecule has 0 spiro atoms. The molecule has 1 saturated heterocycles. The minimum Gasteiger partial charge on any atom is -0.478 e. The van der Waals surface area contributed by atoms with Gasteiger partial charge in [0.2, 0.25) is 0 Å². The summed E-state index contributed by atoms with van der Waals surface area (Å²) in [6.07, 6.45) is 1.80. The summed E-state index contributed by atoms with van der Waals surface area (Å²) in [5.41, 5.74) is 0.768. The lowest BCUT2D eigenvalue weighted by molar-refractivity contribution is 0.0267. The van der Waals surface area contributed by atoms with Gasteiger partial charge in [0, 0.05) is 30.9 Å². The van der Waals surface area contributed by atoms with Crippen LogP contribution in [0.2, 0.25) is 0 Å². The molecular formula is C16H21NO5. The van der Waals surface area contributed by atoms with Gasteiger partial charge in [-0.15, -0.1) is 0 Å². The molecule has 0 aromatic heterocycles. The van der Waals surface area contributed by atoms with Crippen molar-refractivity contribution < 1.29 is 24.5 Å². The number of carboxylic acid groups (broad SMARTS) is 1. The number of nitrogens with one attached hydrogen (secondary N) is 1. The molecule has 120 valence electrons. The van der Waals surface area contributed by atoms with Crippen molar-refractivity contribution in [2.24, 2.45) is 0 Å². The van der Waals surface area contributed by atoms with E-state index in [0.29, 0.717) is 43.6 Å². The molecule has 1 fully saturated rings. The van der Waals surface area contributed by atoms with Gasteiger partial charge in [0.05, 0.1) is 5.56 Å². The number of aromatic carboxylic acids is 1. The van der Waals surface area contributed by atoms with Crippen LogP contribution in [0.4, 0.5) is 0 Å². The molecule has 6 nitrogen and oxygen atoms in total. The maximum absolute atomic E-state index is 12.5. The number of rotatable bonds is 5. The van der Waals surface area contributed by atoms with Gasteiger partial charge in [-0.25, -0.2) is 4.79 Å². The van der Waals surface area contributed by atoms with Gasteiger partial charge < -0.3 is 20.3 Å². The Labute approximate surface area is 129 Å². The van der Waals surface area contributed by atoms with E-state index in [-0.39, 0.29) is 18.1 Å². The second kappa shape index (κ2) is 6.89. The number of aliphatic hydroxyl groups excluding tert-OH is 1. The molecule has 1 aliphatic heterocycles. The number of hydrogen-bond acceptors (Lipinski definition) is 4. The Morgan fingerprint density at radius 1 is 1.32 bits per heavy atom. The highest BCUT2D eigenvalue weighted by atomic mass is 16.5. The van der Waals surface area contributed by atoms with E-state index in [4.69, 9.17) is 9.84 Å². The summed E-state index contributed by atoms with van der Waals surface area (Å²) < 4.78 is 5.33. The second-order valence-electron chi connectivity index (χ2n) is 5.66. The molecule has 22 heavy (non-hydrogen) atoms. The first-order valence-electron chi connectivity index (χ1n) is 7.32. The van der Waals surface area contributed by atoms with Crippen LogP contribution >= 0.6 is 0 Å². The van der Waals surface area contributed by atoms with Crippen molar-refractivity contribution in [3.63, 3.8) is 0 Å². The lowest BCUT2D eigenvalue weighted by Crippen LogP contribution is -2.52. The minimum atomic E-state index is -1.02. The highest BCUT2D eigenvalue weighted by molar-refractivity contribution is 5.97. The predicted octanol–water partition coefficient (Wildman–Crippen LogP) is 1.35. The molecule has 0 saturated carbocycles. The van der Waals surface area contributed by atoms with Crippen molar-refractivity contribution in [3.8, 4) is 0 Å². The number of benzene rings is 1. The van der Waals surface area contributed by atoms with E-state index in [1.165, 1.54) is 18.2 Å². The third-order valence-electron chi connectivity index (χ3n) is 4.14. The molecule has 0 aliphatic carbocycles. The normalized spacial score (nSPS) is 17.0. The zero-order valence-corrected chi connectivity index (χ0v) is 12.6. The Morgan fingerprint density at radius 2 is 2.00 bits per heavy atom. The van der Waals surface area contributed by atoms with Crippen molar-refractivity contribution in [1.82, 2.24) is 5.32 Å². The first kappa shape index (κ1) is 16.5. The van der Waals surface area contributed by atoms with E-state index in [2.05, 4.69) is 5.32 Å². The quantitative estimate of drug-likeness (QED) is 0.763. The molecule has 2 rings (SSSR count). The summed E-state index contributed by atoms with van der Waals surface area (Å²) in [4.78, 5) is 23.5. The summed E-state index contributed by atoms with van der Waals surface area (Å²) in [6, 6.07) is 4.44. The lowest BCUT2D eigenvalue weighted by Gasteiger charge is -2.37. The van der Waals surface area contributed by atoms with Gasteiger partial charge in [-0.1, -0.05) is 0 Å². The SMILES string of the molecule is Cc1cc(C(=O)O)ccc1C(=O)NC1(CCO)CCOCC1. The fourth-order valence-corrected chi connectivity index (χ4v) is 2.77. The number of carbonyl (C=O) groups is 2. The molecule has 3 N–H and O–H groups in total. The molecule has 0 atom stereocenters. The highest BCUT2D eigenvalue weighted by Gasteiger charge is 2.34. The van der Waals surface area contributed by atoms with Crippen molar-refractivity contribution in [1.29, 1.82) is 0 Å². The standard InChI is InChI=1S/C16H21NO5/c1-11-10-12(15(20)21)2-3-13(11)14(19)17-16(4-7-18)5-8-22-9-6-16/h2-3,10,18H,4-9H2,1H3,(H,17,19)(H,20,21). The molecule has 1 aromatic rings. The van der Waals surface area contributed by atoms with Crippen molar-refractivity contribution in [2.75, 3.05) is 19.8 Å². The third-order valence-corrected chi connectivity index (χ3v) is 4.14. The van der Waals surface area contributed by atoms with Gasteiger partial charge in [0.25, 0.3) is 5.91 Å². The molecular weight excluding hydrogens is 286 g/mol. The molecule has 0 bridgehead atoms. The Kier molecular flexibility index (Phi) is 5.15. The van der Waals surface area contributed by atoms with E-state index < -0.39 is 11.5 Å². The Balaban J connectivity index is 2.18. The van der Waals surface area contributed by atoms with Crippen LogP contribution in [0.1, 0.15) is 45.5 Å². The molecule has 1 aliphatic rings. The fraction of sp³-hybridized carbons (Fsp3) is 0.500. The van der Waals surface area contributed by atoms with Crippen LogP contribution in [-0.4, -0.2) is 47.4 Å². The Hall–Kier alpha value is -1.92. The van der Waals surface area contributed by atoms with Crippen molar-refractivity contribution in [3.05, 3.63) is 34.9 Å². The molecule has 6 heteroatoms. The van der Waals surface area contributed by atoms with Gasteiger partial charge in [-0.2, -0.15) is 0 Å². The van der Waals surface area contributed by atoms with Crippen molar-refractivity contribution in [2.45, 2.75) is 31.7 Å². The van der Waals surface area contributed by atoms with Crippen LogP contribution in [0.3, 0.4) is 0 Å². The topological polar surface area (TPSA) is 95.9 Å². The summed E-state index contributed by atoms with van der Waals surface area (Å²) in [5.74, 6) is -1.26. The molecule has 1 amide bonds. The largest absolute Gasteiger partial charge is 0.478 e. The number of aryl methyl sites for hydroxylation is 1. The van der Waals surface area contributed by atoms with Gasteiger partial charge in [0.15, 0.2) is 0 Å². The first-order chi connectivity index (χ1) is 10.5. The third kappa shape index (κ3) is 3.64. The first-order valence-corrected chi connectivity index (χ1v) is 7.32. The fourth-order valence-electron chi connectivity index (χ4n) is 2.77. The average molecular weight is 307 g/mol. The summed E-state index contributed by atoms with van der Waals surface area (Å²) in [6.45, 7) is 2.82. The van der Waals surface area contributed by atoms with Crippen LogP contribution in [-0.2, 0) is 4.74 Å². The van der Waals surface area contributed by atoms with E-state index >= 15 is 0 Å². The van der Waals surface area contributed by atoms with Crippen molar-refractivity contribution >= 4 is 11.9 Å². The van der Waals surface area contributed by atoms with Crippen LogP contribution in [0, 0.1) is 6.92 Å². The monoisotopic (exact) mass is 307 g/mol. The summed E-state index contributed by atoms with van der Waals surface area (Å²) >= 11 is 0. The smallest absolute Gasteiger partial charge is 0.335 e. The molecule has 1 heterocycles. The molecule has 1 aromatic carbocycles. The van der Waals surface area contributed by atoms with Crippen LogP contribution in [0.5, 0.6) is 0 Å². The zero-order valence-electron chi connectivity index (χ0n) is 12.6. The summed E-state index contributed by atoms with van der Waals surface area (Å²) in [7, 11) is 0. The van der Waals surface area contributed by atoms with Crippen LogP contribution < -0.4 is 5.32 Å². The van der Waals surface area contributed by atoms with Crippen LogP contribution in [0.15, 0.2) is 18.2 Å². The van der Waals surface area contributed by atoms with Gasteiger partial charge in [-0.3, -0.25) is 4.79 Å². The maximum Gasteiger partial charge on any atom is 0.335 e. The van der Waals surface area contributed by atoms with E-state index in [1.54, 1.807) is 6.92 Å². The maximum atomic E-state index is 12.5. The predicted molar refractivity (Wildman–Crippen MR) is 80.1 cm³/mol. The second-order valence-corrected chi connectivity index (χ2v) is 5.66. The van der Waals surface area contributed by atoms with E-state index in [1.807, 2.05) is 0 Å². The Morgan fingerprint density at radius 3 is 2.55 bits per heavy atom. The Bertz CT molecular complexity index is 558. The zero-order chi connectivity index (χ0) is 16.2. The van der Waals surface area contributed by atoms with E-state index in [0.717, 1.165) is 0 Å². The number of carbonyl (C=O) groups excluding carboxylic acids is 1. The van der Waals surface area contributed by atoms with Gasteiger partial charge in [-0.05, 0) is 49.9 Å². The van der Waals surface area contributed by atoms with E-state index in [9.17, 15) is 14.7 Å². The van der Waals surface area contributed by atoms with Crippen LogP contribution in [0.25, 0.3) is 0 Å². The van der Waals surface area contributed by atoms with Gasteiger partial charge >= 0.3 is 5.97 Å². The minimum absolute atomic E-state index is 0.00276. The number of amides is 1. The highest BCUT2D eigenvalue weighted by Crippen LogP contribution is 2.25. The molecule has 0 unspecified atom stereocenters. The number of aliphatic hydroxyl groups is 1. The average Bonchev–Trinajstić information content (AvgIpc) is 2.47. The summed E-state index contributed by atoms with van der Waals surface area (Å²) in [5, 5.41) is 21.2. The lowest BCUT2D eigenvalue weighted by atomic mass is 9.86.